The summed E-state index contributed by atoms with van der Waals surface area (Å²) >= 11 is 0. The third kappa shape index (κ3) is 3.76. The summed E-state index contributed by atoms with van der Waals surface area (Å²) in [7, 11) is 0. The summed E-state index contributed by atoms with van der Waals surface area (Å²) in [5, 5.41) is 0. The normalized spacial score (nSPS) is 11.9. The van der Waals surface area contributed by atoms with E-state index in [0.717, 1.165) is 0 Å². The second kappa shape index (κ2) is 8.26. The Morgan fingerprint density at radius 1 is 0.567 bits per heavy atom. The Kier molecular flexibility index (Phi) is 6.52. The number of unbranched alkanes of at least 4 members (excludes halogenated alkanes) is 1. The molecule has 30 heavy (non-hydrogen) atoms. The third-order valence-electron chi connectivity index (χ3n) is 4.01. The van der Waals surface area contributed by atoms with E-state index in [2.05, 4.69) is 0 Å². The standard InChI is InChI=1S/C17H9F12N/c1-2-3-4-30(17(27,28)29)16-6(9(20)12(23)14(25)15(16)26)5-7(18)10(21)13(24)11(22)8(5)19/h2-4H2,1H3. The molecule has 0 bridgehead atoms. The quantitative estimate of drug-likeness (QED) is 0.209. The fraction of sp³-hybridized carbons (Fsp3) is 0.294. The third-order valence-corrected chi connectivity index (χ3v) is 4.01. The van der Waals surface area contributed by atoms with Gasteiger partial charge in [-0.15, -0.1) is 0 Å². The Bertz CT molecular complexity index is 953. The second-order valence-corrected chi connectivity index (χ2v) is 5.90. The lowest BCUT2D eigenvalue weighted by Gasteiger charge is -2.30. The van der Waals surface area contributed by atoms with Gasteiger partial charge in [-0.2, -0.15) is 13.2 Å². The fourth-order valence-corrected chi connectivity index (χ4v) is 2.61. The van der Waals surface area contributed by atoms with Gasteiger partial charge in [-0.25, -0.2) is 39.5 Å². The molecule has 0 atom stereocenters. The number of rotatable bonds is 5. The Balaban J connectivity index is 3.09. The predicted molar refractivity (Wildman–Crippen MR) is 79.8 cm³/mol. The molecular formula is C17H9F12N. The number of hydrogen-bond acceptors (Lipinski definition) is 1. The number of alkyl halides is 3. The van der Waals surface area contributed by atoms with Crippen molar-refractivity contribution in [3.63, 3.8) is 0 Å². The summed E-state index contributed by atoms with van der Waals surface area (Å²) < 4.78 is 165. The molecule has 0 spiro atoms. The van der Waals surface area contributed by atoms with Crippen LogP contribution in [0.3, 0.4) is 0 Å². The number of hydrogen-bond donors (Lipinski definition) is 0. The topological polar surface area (TPSA) is 3.24 Å². The van der Waals surface area contributed by atoms with Crippen LogP contribution in [-0.4, -0.2) is 12.8 Å². The highest BCUT2D eigenvalue weighted by Crippen LogP contribution is 2.45. The summed E-state index contributed by atoms with van der Waals surface area (Å²) in [6.07, 6.45) is -6.03. The van der Waals surface area contributed by atoms with E-state index in [1.165, 1.54) is 6.92 Å². The van der Waals surface area contributed by atoms with Gasteiger partial charge in [0, 0.05) is 6.54 Å². The molecule has 0 saturated carbocycles. The van der Waals surface area contributed by atoms with E-state index in [4.69, 9.17) is 0 Å². The van der Waals surface area contributed by atoms with Crippen molar-refractivity contribution in [3.05, 3.63) is 52.4 Å². The number of nitrogens with zero attached hydrogens (tertiary/aromatic N) is 1. The highest BCUT2D eigenvalue weighted by Gasteiger charge is 2.44. The van der Waals surface area contributed by atoms with Crippen LogP contribution in [-0.2, 0) is 0 Å². The van der Waals surface area contributed by atoms with Crippen LogP contribution in [0.2, 0.25) is 0 Å². The van der Waals surface area contributed by atoms with Gasteiger partial charge in [0.2, 0.25) is 5.82 Å². The van der Waals surface area contributed by atoms with Gasteiger partial charge >= 0.3 is 6.30 Å². The molecule has 0 aliphatic rings. The van der Waals surface area contributed by atoms with E-state index in [9.17, 15) is 52.7 Å². The van der Waals surface area contributed by atoms with Gasteiger partial charge in [-0.05, 0) is 6.42 Å². The van der Waals surface area contributed by atoms with Gasteiger partial charge in [-0.1, -0.05) is 13.3 Å². The first-order valence-corrected chi connectivity index (χ1v) is 7.99. The number of halogens is 12. The van der Waals surface area contributed by atoms with Crippen molar-refractivity contribution >= 4 is 5.69 Å². The van der Waals surface area contributed by atoms with Crippen LogP contribution in [0.5, 0.6) is 0 Å². The molecule has 0 amide bonds. The van der Waals surface area contributed by atoms with Gasteiger partial charge in [0.05, 0.1) is 16.8 Å². The number of benzene rings is 2. The van der Waals surface area contributed by atoms with Crippen molar-refractivity contribution in [1.29, 1.82) is 0 Å². The zero-order valence-electron chi connectivity index (χ0n) is 14.6. The zero-order chi connectivity index (χ0) is 23.1. The lowest BCUT2D eigenvalue weighted by Crippen LogP contribution is -2.40. The maximum absolute atomic E-state index is 14.3. The molecule has 0 fully saturated rings. The average molecular weight is 455 g/mol. The molecular weight excluding hydrogens is 446 g/mol. The first-order valence-electron chi connectivity index (χ1n) is 7.99. The van der Waals surface area contributed by atoms with Gasteiger partial charge < -0.3 is 0 Å². The van der Waals surface area contributed by atoms with E-state index in [-0.39, 0.29) is 6.42 Å². The highest BCUT2D eigenvalue weighted by atomic mass is 19.4. The van der Waals surface area contributed by atoms with Crippen molar-refractivity contribution in [3.8, 4) is 11.1 Å². The molecule has 0 saturated heterocycles. The first-order chi connectivity index (χ1) is 13.8. The molecule has 0 aromatic heterocycles. The minimum atomic E-state index is -5.63. The summed E-state index contributed by atoms with van der Waals surface area (Å²) in [5.41, 5.74) is -6.97. The van der Waals surface area contributed by atoms with Gasteiger partial charge in [0.25, 0.3) is 0 Å². The largest absolute Gasteiger partial charge is 0.485 e. The van der Waals surface area contributed by atoms with E-state index in [1.54, 1.807) is 0 Å². The Labute approximate surface area is 160 Å². The van der Waals surface area contributed by atoms with Crippen molar-refractivity contribution in [2.45, 2.75) is 26.1 Å². The van der Waals surface area contributed by atoms with Crippen LogP contribution in [0, 0.1) is 52.4 Å². The lowest BCUT2D eigenvalue weighted by atomic mass is 9.98. The van der Waals surface area contributed by atoms with Crippen molar-refractivity contribution in [2.24, 2.45) is 0 Å². The van der Waals surface area contributed by atoms with Crippen LogP contribution in [0.1, 0.15) is 19.8 Å². The lowest BCUT2D eigenvalue weighted by molar-refractivity contribution is -0.129. The summed E-state index contributed by atoms with van der Waals surface area (Å²) in [6, 6.07) is 0. The van der Waals surface area contributed by atoms with Crippen molar-refractivity contribution < 1.29 is 52.7 Å². The molecule has 0 heterocycles. The molecule has 13 heteroatoms. The van der Waals surface area contributed by atoms with E-state index in [1.807, 2.05) is 0 Å². The zero-order valence-corrected chi connectivity index (χ0v) is 14.6. The Morgan fingerprint density at radius 3 is 1.33 bits per heavy atom. The summed E-state index contributed by atoms with van der Waals surface area (Å²) in [6.45, 7) is 0.130. The summed E-state index contributed by atoms with van der Waals surface area (Å²) in [5.74, 6) is -25.0. The smallest absolute Gasteiger partial charge is 0.280 e. The van der Waals surface area contributed by atoms with E-state index >= 15 is 0 Å². The molecule has 0 radical (unpaired) electrons. The average Bonchev–Trinajstić information content (AvgIpc) is 2.68. The number of anilines is 1. The molecule has 1 nitrogen and oxygen atoms in total. The van der Waals surface area contributed by atoms with Crippen molar-refractivity contribution in [2.75, 3.05) is 11.4 Å². The maximum Gasteiger partial charge on any atom is 0.485 e. The Morgan fingerprint density at radius 2 is 0.933 bits per heavy atom. The van der Waals surface area contributed by atoms with E-state index < -0.39 is 93.3 Å². The monoisotopic (exact) mass is 455 g/mol. The molecule has 166 valence electrons. The van der Waals surface area contributed by atoms with Crippen LogP contribution in [0.15, 0.2) is 0 Å². The highest BCUT2D eigenvalue weighted by molar-refractivity contribution is 5.81. The maximum atomic E-state index is 14.3. The molecule has 0 unspecified atom stereocenters. The van der Waals surface area contributed by atoms with Gasteiger partial charge in [0.15, 0.2) is 46.5 Å². The minimum Gasteiger partial charge on any atom is -0.280 e. The predicted octanol–water partition coefficient (Wildman–Crippen LogP) is 6.73. The SMILES string of the molecule is CCCCN(c1c(F)c(F)c(F)c(F)c1-c1c(F)c(F)c(F)c(F)c1F)C(F)(F)F. The van der Waals surface area contributed by atoms with Crippen molar-refractivity contribution in [1.82, 2.24) is 0 Å². The van der Waals surface area contributed by atoms with Crippen LogP contribution in [0.4, 0.5) is 58.4 Å². The van der Waals surface area contributed by atoms with Crippen LogP contribution in [0.25, 0.3) is 11.1 Å². The van der Waals surface area contributed by atoms with E-state index in [0.29, 0.717) is 0 Å². The minimum absolute atomic E-state index is 0.0121. The molecule has 0 aliphatic heterocycles. The molecule has 0 N–H and O–H groups in total. The molecule has 2 rings (SSSR count). The molecule has 2 aromatic carbocycles. The Hall–Kier alpha value is -2.60. The summed E-state index contributed by atoms with van der Waals surface area (Å²) in [4.78, 5) is -1.01. The molecule has 0 aliphatic carbocycles. The van der Waals surface area contributed by atoms with Crippen LogP contribution >= 0.6 is 0 Å². The van der Waals surface area contributed by atoms with Gasteiger partial charge in [0.1, 0.15) is 0 Å². The molecule has 2 aromatic rings. The van der Waals surface area contributed by atoms with Gasteiger partial charge in [-0.3, -0.25) is 4.90 Å². The first kappa shape index (κ1) is 23.7. The van der Waals surface area contributed by atoms with Crippen LogP contribution < -0.4 is 4.90 Å². The fourth-order valence-electron chi connectivity index (χ4n) is 2.61. The second-order valence-electron chi connectivity index (χ2n) is 5.90.